The summed E-state index contributed by atoms with van der Waals surface area (Å²) in [5.74, 6) is 2.44. The third-order valence-electron chi connectivity index (χ3n) is 1.10. The first-order valence-corrected chi connectivity index (χ1v) is 3.09. The normalized spacial score (nSPS) is 8.70. The minimum Gasteiger partial charge on any atom is -0.396 e. The highest BCUT2D eigenvalue weighted by molar-refractivity contribution is 7.71. The van der Waals surface area contributed by atoms with Gasteiger partial charge < -0.3 is 10.7 Å². The molecule has 0 radical (unpaired) electrons. The molecule has 0 atom stereocenters. The Bertz CT molecular complexity index is 332. The molecule has 0 saturated carbocycles. The van der Waals surface area contributed by atoms with Crippen LogP contribution < -0.4 is 5.73 Å². The molecule has 1 aromatic heterocycles. The summed E-state index contributed by atoms with van der Waals surface area (Å²) < 4.78 is 0.527. The Morgan fingerprint density at radius 2 is 2.40 bits per heavy atom. The highest BCUT2D eigenvalue weighted by atomic mass is 32.1. The van der Waals surface area contributed by atoms with Crippen molar-refractivity contribution >= 4 is 17.9 Å². The predicted molar refractivity (Wildman–Crippen MR) is 44.0 cm³/mol. The van der Waals surface area contributed by atoms with E-state index < -0.39 is 0 Å². The largest absolute Gasteiger partial charge is 0.396 e. The minimum absolute atomic E-state index is 0.519. The van der Waals surface area contributed by atoms with Crippen LogP contribution in [0.4, 0.5) is 5.69 Å². The van der Waals surface area contributed by atoms with Crippen LogP contribution in [-0.4, -0.2) is 4.98 Å². The molecule has 1 heterocycles. The lowest BCUT2D eigenvalue weighted by atomic mass is 10.3. The molecule has 50 valence electrons. The molecular weight excluding hydrogens is 144 g/mol. The first-order valence-electron chi connectivity index (χ1n) is 2.69. The van der Waals surface area contributed by atoms with E-state index in [4.69, 9.17) is 24.4 Å². The molecule has 0 aliphatic carbocycles. The molecule has 0 spiro atoms. The van der Waals surface area contributed by atoms with Crippen molar-refractivity contribution in [2.24, 2.45) is 0 Å². The van der Waals surface area contributed by atoms with Crippen LogP contribution in [-0.2, 0) is 0 Å². The van der Waals surface area contributed by atoms with E-state index in [1.807, 2.05) is 0 Å². The molecule has 0 unspecified atom stereocenters. The van der Waals surface area contributed by atoms with Gasteiger partial charge in [0.2, 0.25) is 0 Å². The lowest BCUT2D eigenvalue weighted by Crippen LogP contribution is -1.89. The zero-order valence-corrected chi connectivity index (χ0v) is 6.03. The Morgan fingerprint density at radius 3 is 2.90 bits per heavy atom. The zero-order valence-electron chi connectivity index (χ0n) is 5.22. The Hall–Kier alpha value is -1.27. The molecule has 3 N–H and O–H groups in total. The van der Waals surface area contributed by atoms with Gasteiger partial charge in [-0.05, 0) is 6.07 Å². The van der Waals surface area contributed by atoms with Crippen LogP contribution in [0.15, 0.2) is 12.3 Å². The zero-order chi connectivity index (χ0) is 7.56. The second-order valence-electron chi connectivity index (χ2n) is 1.82. The quantitative estimate of drug-likeness (QED) is 0.432. The number of aromatic amines is 1. The third kappa shape index (κ3) is 1.17. The first kappa shape index (κ1) is 6.84. The van der Waals surface area contributed by atoms with Crippen molar-refractivity contribution in [3.05, 3.63) is 22.5 Å². The van der Waals surface area contributed by atoms with E-state index in [-0.39, 0.29) is 0 Å². The number of nitrogens with two attached hydrogens (primary N) is 1. The molecule has 0 bridgehead atoms. The summed E-state index contributed by atoms with van der Waals surface area (Å²) in [6, 6.07) is 1.67. The van der Waals surface area contributed by atoms with E-state index in [1.54, 1.807) is 12.3 Å². The average Bonchev–Trinajstić information content (AvgIpc) is 1.95. The Kier molecular flexibility index (Phi) is 1.74. The van der Waals surface area contributed by atoms with Crippen molar-refractivity contribution in [1.29, 1.82) is 0 Å². The monoisotopic (exact) mass is 150 g/mol. The Morgan fingerprint density at radius 1 is 1.70 bits per heavy atom. The van der Waals surface area contributed by atoms with Crippen molar-refractivity contribution < 1.29 is 0 Å². The van der Waals surface area contributed by atoms with Crippen molar-refractivity contribution in [2.45, 2.75) is 0 Å². The topological polar surface area (TPSA) is 41.8 Å². The van der Waals surface area contributed by atoms with Gasteiger partial charge in [0.1, 0.15) is 4.64 Å². The summed E-state index contributed by atoms with van der Waals surface area (Å²) in [4.78, 5) is 2.77. The number of H-pyrrole nitrogens is 1. The van der Waals surface area contributed by atoms with Gasteiger partial charge in [0.15, 0.2) is 0 Å². The summed E-state index contributed by atoms with van der Waals surface area (Å²) in [5.41, 5.74) is 6.70. The van der Waals surface area contributed by atoms with E-state index in [9.17, 15) is 0 Å². The molecule has 2 nitrogen and oxygen atoms in total. The van der Waals surface area contributed by atoms with E-state index in [1.165, 1.54) is 0 Å². The van der Waals surface area contributed by atoms with Crippen molar-refractivity contribution in [1.82, 2.24) is 4.98 Å². The second-order valence-corrected chi connectivity index (χ2v) is 2.23. The number of hydrogen-bond donors (Lipinski definition) is 2. The summed E-state index contributed by atoms with van der Waals surface area (Å²) >= 11 is 4.81. The number of pyridine rings is 1. The van der Waals surface area contributed by atoms with Gasteiger partial charge in [-0.1, -0.05) is 18.1 Å². The first-order chi connectivity index (χ1) is 4.74. The van der Waals surface area contributed by atoms with Crippen LogP contribution in [0.3, 0.4) is 0 Å². The van der Waals surface area contributed by atoms with Crippen molar-refractivity contribution in [3.8, 4) is 12.3 Å². The Labute approximate surface area is 64.1 Å². The average molecular weight is 150 g/mol. The summed E-state index contributed by atoms with van der Waals surface area (Å²) in [6.07, 6.45) is 6.76. The summed E-state index contributed by atoms with van der Waals surface area (Å²) in [5, 5.41) is 0. The molecule has 1 aromatic rings. The molecule has 1 rings (SSSR count). The van der Waals surface area contributed by atoms with Gasteiger partial charge in [0.05, 0.1) is 5.69 Å². The standard InChI is InChI=1S/C7H6N2S/c1-2-5-3-6(8)7(10)9-4-5/h1,3-4H,8H2,(H,9,10). The van der Waals surface area contributed by atoms with Crippen LogP contribution >= 0.6 is 12.2 Å². The van der Waals surface area contributed by atoms with Crippen LogP contribution in [0.1, 0.15) is 5.56 Å². The van der Waals surface area contributed by atoms with E-state index in [0.717, 1.165) is 0 Å². The number of terminal acetylenes is 1. The van der Waals surface area contributed by atoms with Gasteiger partial charge >= 0.3 is 0 Å². The predicted octanol–water partition coefficient (Wildman–Crippen LogP) is 1.31. The number of anilines is 1. The van der Waals surface area contributed by atoms with Gasteiger partial charge in [-0.25, -0.2) is 0 Å². The van der Waals surface area contributed by atoms with Gasteiger partial charge in [-0.15, -0.1) is 6.42 Å². The summed E-state index contributed by atoms with van der Waals surface area (Å²) in [7, 11) is 0. The molecule has 0 saturated heterocycles. The molecule has 0 amide bonds. The number of aromatic nitrogens is 1. The number of nitrogen functional groups attached to an aromatic ring is 1. The fourth-order valence-corrected chi connectivity index (χ4v) is 0.703. The highest BCUT2D eigenvalue weighted by Gasteiger charge is 1.89. The molecule has 0 fully saturated rings. The van der Waals surface area contributed by atoms with Gasteiger partial charge in [0.25, 0.3) is 0 Å². The fourth-order valence-electron chi connectivity index (χ4n) is 0.585. The molecule has 0 aliphatic rings. The number of rotatable bonds is 0. The molecule has 3 heteroatoms. The molecular formula is C7H6N2S. The van der Waals surface area contributed by atoms with Crippen LogP contribution in [0.25, 0.3) is 0 Å². The molecule has 0 aliphatic heterocycles. The Balaban J connectivity index is 3.34. The second kappa shape index (κ2) is 2.54. The molecule has 10 heavy (non-hydrogen) atoms. The van der Waals surface area contributed by atoms with Crippen molar-refractivity contribution in [3.63, 3.8) is 0 Å². The van der Waals surface area contributed by atoms with Gasteiger partial charge in [-0.3, -0.25) is 0 Å². The highest BCUT2D eigenvalue weighted by Crippen LogP contribution is 2.04. The van der Waals surface area contributed by atoms with Crippen LogP contribution in [0, 0.1) is 17.0 Å². The van der Waals surface area contributed by atoms with Crippen molar-refractivity contribution in [2.75, 3.05) is 5.73 Å². The van der Waals surface area contributed by atoms with E-state index >= 15 is 0 Å². The van der Waals surface area contributed by atoms with Crippen LogP contribution in [0.2, 0.25) is 0 Å². The third-order valence-corrected chi connectivity index (χ3v) is 1.45. The lowest BCUT2D eigenvalue weighted by Gasteiger charge is -1.93. The number of hydrogen-bond acceptors (Lipinski definition) is 2. The molecule has 0 aromatic carbocycles. The number of nitrogens with one attached hydrogen (secondary N) is 1. The maximum Gasteiger partial charge on any atom is 0.126 e. The maximum absolute atomic E-state index is 5.47. The SMILES string of the molecule is C#Cc1c[nH]c(=S)c(N)c1. The van der Waals surface area contributed by atoms with E-state index in [0.29, 0.717) is 15.9 Å². The summed E-state index contributed by atoms with van der Waals surface area (Å²) in [6.45, 7) is 0. The minimum atomic E-state index is 0.519. The van der Waals surface area contributed by atoms with Gasteiger partial charge in [-0.2, -0.15) is 0 Å². The van der Waals surface area contributed by atoms with E-state index in [2.05, 4.69) is 10.9 Å². The van der Waals surface area contributed by atoms with Crippen LogP contribution in [0.5, 0.6) is 0 Å². The lowest BCUT2D eigenvalue weighted by molar-refractivity contribution is 1.29. The maximum atomic E-state index is 5.47. The fraction of sp³-hybridized carbons (Fsp3) is 0. The smallest absolute Gasteiger partial charge is 0.126 e. The van der Waals surface area contributed by atoms with Gasteiger partial charge in [0, 0.05) is 11.8 Å².